The fourth-order valence-corrected chi connectivity index (χ4v) is 1.59. The van der Waals surface area contributed by atoms with Crippen molar-refractivity contribution in [3.63, 3.8) is 0 Å². The van der Waals surface area contributed by atoms with Crippen molar-refractivity contribution in [2.24, 2.45) is 0 Å². The van der Waals surface area contributed by atoms with Gasteiger partial charge in [-0.25, -0.2) is 9.78 Å². The van der Waals surface area contributed by atoms with Gasteiger partial charge in [0.05, 0.1) is 6.61 Å². The van der Waals surface area contributed by atoms with Crippen molar-refractivity contribution in [3.05, 3.63) is 29.1 Å². The molecule has 0 atom stereocenters. The summed E-state index contributed by atoms with van der Waals surface area (Å²) in [6.45, 7) is 4.18. The van der Waals surface area contributed by atoms with Crippen LogP contribution in [0.25, 0.3) is 0 Å². The third-order valence-electron chi connectivity index (χ3n) is 2.47. The number of hydrogen-bond donors (Lipinski definition) is 0. The zero-order valence-electron chi connectivity index (χ0n) is 9.12. The summed E-state index contributed by atoms with van der Waals surface area (Å²) in [6, 6.07) is 3.84. The lowest BCUT2D eigenvalue weighted by Gasteiger charge is -2.05. The first kappa shape index (κ1) is 10.1. The highest BCUT2D eigenvalue weighted by atomic mass is 16.5. The lowest BCUT2D eigenvalue weighted by Crippen LogP contribution is -2.08. The molecule has 0 N–H and O–H groups in total. The largest absolute Gasteiger partial charge is 0.461 e. The standard InChI is InChI=1S/C12H15NO2/c1-3-15-12(14)11-7-8(2)6-10(13-11)9-4-5-9/h6-7,9H,3-5H2,1-2H3. The molecule has 0 aromatic carbocycles. The molecular weight excluding hydrogens is 190 g/mol. The molecule has 1 aromatic rings. The molecule has 2 rings (SSSR count). The molecule has 1 aromatic heterocycles. The van der Waals surface area contributed by atoms with E-state index in [1.165, 1.54) is 12.8 Å². The monoisotopic (exact) mass is 205 g/mol. The van der Waals surface area contributed by atoms with Crippen LogP contribution < -0.4 is 0 Å². The summed E-state index contributed by atoms with van der Waals surface area (Å²) in [5.74, 6) is 0.251. The van der Waals surface area contributed by atoms with E-state index in [1.54, 1.807) is 13.0 Å². The van der Waals surface area contributed by atoms with E-state index in [0.717, 1.165) is 11.3 Å². The number of esters is 1. The van der Waals surface area contributed by atoms with Crippen LogP contribution in [0.2, 0.25) is 0 Å². The van der Waals surface area contributed by atoms with Crippen LogP contribution in [0.4, 0.5) is 0 Å². The fraction of sp³-hybridized carbons (Fsp3) is 0.500. The van der Waals surface area contributed by atoms with Crippen LogP contribution in [0.5, 0.6) is 0 Å². The second kappa shape index (κ2) is 4.01. The molecule has 1 aliphatic carbocycles. The highest BCUT2D eigenvalue weighted by molar-refractivity contribution is 5.87. The minimum atomic E-state index is -0.317. The number of pyridine rings is 1. The molecule has 1 fully saturated rings. The highest BCUT2D eigenvalue weighted by Gasteiger charge is 2.26. The van der Waals surface area contributed by atoms with E-state index in [1.807, 2.05) is 6.92 Å². The smallest absolute Gasteiger partial charge is 0.356 e. The van der Waals surface area contributed by atoms with Gasteiger partial charge in [0.25, 0.3) is 0 Å². The van der Waals surface area contributed by atoms with Crippen LogP contribution in [-0.4, -0.2) is 17.6 Å². The zero-order valence-corrected chi connectivity index (χ0v) is 9.12. The first-order valence-electron chi connectivity index (χ1n) is 5.36. The minimum absolute atomic E-state index is 0.317. The van der Waals surface area contributed by atoms with Crippen molar-refractivity contribution in [1.29, 1.82) is 0 Å². The Hall–Kier alpha value is -1.38. The summed E-state index contributed by atoms with van der Waals surface area (Å²) in [5.41, 5.74) is 2.56. The van der Waals surface area contributed by atoms with Crippen molar-refractivity contribution >= 4 is 5.97 Å². The predicted molar refractivity (Wildman–Crippen MR) is 56.9 cm³/mol. The highest BCUT2D eigenvalue weighted by Crippen LogP contribution is 2.39. The zero-order chi connectivity index (χ0) is 10.8. The van der Waals surface area contributed by atoms with Crippen molar-refractivity contribution in [2.75, 3.05) is 6.61 Å². The van der Waals surface area contributed by atoms with Gasteiger partial charge in [0, 0.05) is 11.6 Å². The Bertz CT molecular complexity index is 383. The molecule has 0 saturated heterocycles. The Morgan fingerprint density at radius 3 is 2.87 bits per heavy atom. The Kier molecular flexibility index (Phi) is 2.71. The van der Waals surface area contributed by atoms with Gasteiger partial charge in [-0.05, 0) is 44.4 Å². The number of carbonyl (C=O) groups is 1. The first-order chi connectivity index (χ1) is 7.20. The maximum absolute atomic E-state index is 11.5. The lowest BCUT2D eigenvalue weighted by molar-refractivity contribution is 0.0519. The van der Waals surface area contributed by atoms with Crippen LogP contribution in [0.1, 0.15) is 47.4 Å². The first-order valence-corrected chi connectivity index (χ1v) is 5.36. The molecule has 80 valence electrons. The molecule has 15 heavy (non-hydrogen) atoms. The van der Waals surface area contributed by atoms with Gasteiger partial charge < -0.3 is 4.74 Å². The lowest BCUT2D eigenvalue weighted by atomic mass is 10.1. The van der Waals surface area contributed by atoms with Gasteiger partial charge in [-0.2, -0.15) is 0 Å². The van der Waals surface area contributed by atoms with Crippen molar-refractivity contribution < 1.29 is 9.53 Å². The number of ether oxygens (including phenoxy) is 1. The van der Waals surface area contributed by atoms with E-state index in [0.29, 0.717) is 18.2 Å². The van der Waals surface area contributed by atoms with E-state index in [9.17, 15) is 4.79 Å². The van der Waals surface area contributed by atoms with Gasteiger partial charge in [-0.15, -0.1) is 0 Å². The second-order valence-electron chi connectivity index (χ2n) is 3.95. The molecule has 0 amide bonds. The number of rotatable bonds is 3. The van der Waals surface area contributed by atoms with Gasteiger partial charge in [0.2, 0.25) is 0 Å². The number of aromatic nitrogens is 1. The Morgan fingerprint density at radius 1 is 1.53 bits per heavy atom. The fourth-order valence-electron chi connectivity index (χ4n) is 1.59. The third kappa shape index (κ3) is 2.35. The predicted octanol–water partition coefficient (Wildman–Crippen LogP) is 2.44. The summed E-state index contributed by atoms with van der Waals surface area (Å²) < 4.78 is 4.94. The van der Waals surface area contributed by atoms with Crippen LogP contribution in [0.3, 0.4) is 0 Å². The average molecular weight is 205 g/mol. The Morgan fingerprint density at radius 2 is 2.27 bits per heavy atom. The van der Waals surface area contributed by atoms with Crippen LogP contribution in [0, 0.1) is 6.92 Å². The van der Waals surface area contributed by atoms with E-state index in [4.69, 9.17) is 4.74 Å². The maximum atomic E-state index is 11.5. The van der Waals surface area contributed by atoms with E-state index in [2.05, 4.69) is 11.1 Å². The minimum Gasteiger partial charge on any atom is -0.461 e. The molecular formula is C12H15NO2. The van der Waals surface area contributed by atoms with Gasteiger partial charge >= 0.3 is 5.97 Å². The van der Waals surface area contributed by atoms with E-state index >= 15 is 0 Å². The van der Waals surface area contributed by atoms with Crippen molar-refractivity contribution in [3.8, 4) is 0 Å². The molecule has 0 unspecified atom stereocenters. The number of carbonyl (C=O) groups excluding carboxylic acids is 1. The topological polar surface area (TPSA) is 39.2 Å². The molecule has 1 aliphatic rings. The third-order valence-corrected chi connectivity index (χ3v) is 2.47. The van der Waals surface area contributed by atoms with E-state index < -0.39 is 0 Å². The van der Waals surface area contributed by atoms with Gasteiger partial charge in [-0.1, -0.05) is 0 Å². The van der Waals surface area contributed by atoms with Gasteiger partial charge in [-0.3, -0.25) is 0 Å². The number of hydrogen-bond acceptors (Lipinski definition) is 3. The van der Waals surface area contributed by atoms with E-state index in [-0.39, 0.29) is 5.97 Å². The van der Waals surface area contributed by atoms with Crippen LogP contribution >= 0.6 is 0 Å². The second-order valence-corrected chi connectivity index (χ2v) is 3.95. The van der Waals surface area contributed by atoms with Crippen LogP contribution in [0.15, 0.2) is 12.1 Å². The molecule has 0 spiro atoms. The molecule has 3 heteroatoms. The van der Waals surface area contributed by atoms with Gasteiger partial charge in [0.15, 0.2) is 0 Å². The molecule has 1 saturated carbocycles. The molecule has 0 radical (unpaired) electrons. The Balaban J connectivity index is 2.26. The number of nitrogens with zero attached hydrogens (tertiary/aromatic N) is 1. The normalized spacial score (nSPS) is 15.1. The Labute approximate surface area is 89.5 Å². The summed E-state index contributed by atoms with van der Waals surface area (Å²) in [7, 11) is 0. The molecule has 0 bridgehead atoms. The SMILES string of the molecule is CCOC(=O)c1cc(C)cc(C2CC2)n1. The average Bonchev–Trinajstić information content (AvgIpc) is 3.00. The van der Waals surface area contributed by atoms with Crippen molar-refractivity contribution in [2.45, 2.75) is 32.6 Å². The quantitative estimate of drug-likeness (QED) is 0.711. The van der Waals surface area contributed by atoms with Crippen molar-refractivity contribution in [1.82, 2.24) is 4.98 Å². The summed E-state index contributed by atoms with van der Waals surface area (Å²) in [5, 5.41) is 0. The molecule has 0 aliphatic heterocycles. The van der Waals surface area contributed by atoms with Crippen LogP contribution in [-0.2, 0) is 4.74 Å². The summed E-state index contributed by atoms with van der Waals surface area (Å²) >= 11 is 0. The summed E-state index contributed by atoms with van der Waals surface area (Å²) in [4.78, 5) is 15.8. The number of aryl methyl sites for hydroxylation is 1. The molecule has 3 nitrogen and oxygen atoms in total. The maximum Gasteiger partial charge on any atom is 0.356 e. The van der Waals surface area contributed by atoms with Gasteiger partial charge in [0.1, 0.15) is 5.69 Å². The molecule has 1 heterocycles. The summed E-state index contributed by atoms with van der Waals surface area (Å²) in [6.07, 6.45) is 2.39.